The topological polar surface area (TPSA) is 127 Å². The molecule has 1 atom stereocenters. The third kappa shape index (κ3) is 4.70. The van der Waals surface area contributed by atoms with Crippen molar-refractivity contribution in [3.63, 3.8) is 0 Å². The second-order valence-corrected chi connectivity index (χ2v) is 7.51. The highest BCUT2D eigenvalue weighted by atomic mass is 19.1. The third-order valence-electron chi connectivity index (χ3n) is 5.21. The molecule has 12 heteroatoms. The van der Waals surface area contributed by atoms with Crippen molar-refractivity contribution in [2.45, 2.75) is 25.7 Å². The number of rotatable bonds is 8. The van der Waals surface area contributed by atoms with Crippen molar-refractivity contribution in [3.8, 4) is 11.1 Å². The Morgan fingerprint density at radius 2 is 2.09 bits per heavy atom. The normalized spacial score (nSPS) is 15.7. The number of halogens is 1. The zero-order valence-corrected chi connectivity index (χ0v) is 17.4. The summed E-state index contributed by atoms with van der Waals surface area (Å²) < 4.78 is 21.9. The van der Waals surface area contributed by atoms with Crippen LogP contribution in [-0.2, 0) is 24.4 Å². The van der Waals surface area contributed by atoms with Crippen molar-refractivity contribution in [2.75, 3.05) is 11.4 Å². The summed E-state index contributed by atoms with van der Waals surface area (Å²) in [6.45, 7) is 1.79. The lowest BCUT2D eigenvalue weighted by Gasteiger charge is -2.14. The van der Waals surface area contributed by atoms with E-state index in [2.05, 4.69) is 36.0 Å². The molecule has 2 N–H and O–H groups in total. The Kier molecular flexibility index (Phi) is 5.72. The quantitative estimate of drug-likeness (QED) is 0.418. The number of aromatic nitrogens is 7. The van der Waals surface area contributed by atoms with Crippen molar-refractivity contribution in [1.29, 1.82) is 0 Å². The van der Waals surface area contributed by atoms with Gasteiger partial charge in [0.1, 0.15) is 11.9 Å². The Morgan fingerprint density at radius 3 is 2.82 bits per heavy atom. The summed E-state index contributed by atoms with van der Waals surface area (Å²) in [4.78, 5) is 18.1. The standard InChI is InChI=1S/C21H20FN9O2/c22-20-7-17(31-13-18(33-21(31)32)12-30-6-5-25-29-30)3-4-19(20)14-1-2-15(24-8-14)9-23-10-16-11-26-28-27-16/h1-8,11,18,23H,9-10,12-13H2,(H,26,27,28). The number of benzene rings is 1. The van der Waals surface area contributed by atoms with E-state index in [-0.39, 0.29) is 0 Å². The van der Waals surface area contributed by atoms with Crippen LogP contribution in [0.4, 0.5) is 14.9 Å². The number of carbonyl (C=O) groups excluding carboxylic acids is 1. The van der Waals surface area contributed by atoms with Gasteiger partial charge in [-0.25, -0.2) is 13.9 Å². The molecule has 0 spiro atoms. The van der Waals surface area contributed by atoms with Crippen LogP contribution in [0.15, 0.2) is 55.1 Å². The average molecular weight is 449 g/mol. The first-order valence-corrected chi connectivity index (χ1v) is 10.3. The summed E-state index contributed by atoms with van der Waals surface area (Å²) in [6.07, 6.45) is 5.61. The lowest BCUT2D eigenvalue weighted by atomic mass is 10.1. The number of nitrogens with zero attached hydrogens (tertiary/aromatic N) is 7. The molecule has 0 aliphatic carbocycles. The molecule has 4 heterocycles. The third-order valence-corrected chi connectivity index (χ3v) is 5.21. The predicted molar refractivity (Wildman–Crippen MR) is 114 cm³/mol. The molecule has 33 heavy (non-hydrogen) atoms. The molecule has 11 nitrogen and oxygen atoms in total. The maximum atomic E-state index is 14.9. The van der Waals surface area contributed by atoms with Gasteiger partial charge >= 0.3 is 6.09 Å². The summed E-state index contributed by atoms with van der Waals surface area (Å²) in [5, 5.41) is 21.1. The lowest BCUT2D eigenvalue weighted by molar-refractivity contribution is 0.129. The molecule has 168 valence electrons. The Labute approximate surface area is 187 Å². The van der Waals surface area contributed by atoms with E-state index < -0.39 is 18.0 Å². The van der Waals surface area contributed by atoms with Gasteiger partial charge in [0, 0.05) is 36.6 Å². The molecule has 1 aliphatic heterocycles. The van der Waals surface area contributed by atoms with Crippen LogP contribution in [0, 0.1) is 5.82 Å². The van der Waals surface area contributed by atoms with Crippen molar-refractivity contribution < 1.29 is 13.9 Å². The molecule has 1 fully saturated rings. The summed E-state index contributed by atoms with van der Waals surface area (Å²) >= 11 is 0. The monoisotopic (exact) mass is 449 g/mol. The fourth-order valence-corrected chi connectivity index (χ4v) is 3.59. The van der Waals surface area contributed by atoms with Gasteiger partial charge in [0.25, 0.3) is 0 Å². The van der Waals surface area contributed by atoms with Crippen LogP contribution in [0.3, 0.4) is 0 Å². The molecule has 1 unspecified atom stereocenters. The number of anilines is 1. The van der Waals surface area contributed by atoms with Gasteiger partial charge in [-0.1, -0.05) is 11.3 Å². The van der Waals surface area contributed by atoms with Crippen LogP contribution < -0.4 is 10.2 Å². The largest absolute Gasteiger partial charge is 0.442 e. The van der Waals surface area contributed by atoms with E-state index in [1.165, 1.54) is 11.0 Å². The summed E-state index contributed by atoms with van der Waals surface area (Å²) in [5.74, 6) is -0.446. The number of cyclic esters (lactones) is 1. The summed E-state index contributed by atoms with van der Waals surface area (Å²) in [6, 6.07) is 8.33. The van der Waals surface area contributed by atoms with Gasteiger partial charge in [0.2, 0.25) is 0 Å². The number of hydrogen-bond acceptors (Lipinski definition) is 8. The minimum absolute atomic E-state index is 0.301. The van der Waals surface area contributed by atoms with E-state index in [1.54, 1.807) is 41.6 Å². The number of aromatic amines is 1. The number of ether oxygens (including phenoxy) is 1. The smallest absolute Gasteiger partial charge is 0.414 e. The second kappa shape index (κ2) is 9.12. The first-order chi connectivity index (χ1) is 16.2. The number of pyridine rings is 1. The van der Waals surface area contributed by atoms with E-state index in [9.17, 15) is 9.18 Å². The number of hydrogen-bond donors (Lipinski definition) is 2. The van der Waals surface area contributed by atoms with Gasteiger partial charge in [-0.2, -0.15) is 15.4 Å². The molecular formula is C21H20FN9O2. The maximum Gasteiger partial charge on any atom is 0.414 e. The van der Waals surface area contributed by atoms with Crippen molar-refractivity contribution >= 4 is 11.8 Å². The van der Waals surface area contributed by atoms with Crippen LogP contribution in [0.5, 0.6) is 0 Å². The molecule has 5 rings (SSSR count). The van der Waals surface area contributed by atoms with Gasteiger partial charge in [0.05, 0.1) is 42.6 Å². The molecule has 0 saturated carbocycles. The highest BCUT2D eigenvalue weighted by molar-refractivity contribution is 5.90. The first kappa shape index (κ1) is 20.7. The highest BCUT2D eigenvalue weighted by Gasteiger charge is 2.33. The minimum Gasteiger partial charge on any atom is -0.442 e. The van der Waals surface area contributed by atoms with E-state index >= 15 is 0 Å². The molecular weight excluding hydrogens is 429 g/mol. The van der Waals surface area contributed by atoms with Gasteiger partial charge < -0.3 is 10.1 Å². The first-order valence-electron chi connectivity index (χ1n) is 10.3. The van der Waals surface area contributed by atoms with Crippen LogP contribution in [0.25, 0.3) is 11.1 Å². The van der Waals surface area contributed by atoms with E-state index in [4.69, 9.17) is 4.74 Å². The van der Waals surface area contributed by atoms with Gasteiger partial charge in [-0.05, 0) is 24.3 Å². The number of nitrogens with one attached hydrogen (secondary N) is 2. The van der Waals surface area contributed by atoms with Crippen LogP contribution in [0.1, 0.15) is 11.4 Å². The fourth-order valence-electron chi connectivity index (χ4n) is 3.59. The van der Waals surface area contributed by atoms with Crippen molar-refractivity contribution in [2.24, 2.45) is 0 Å². The molecule has 3 aromatic heterocycles. The Bertz CT molecular complexity index is 1210. The van der Waals surface area contributed by atoms with Gasteiger partial charge in [0.15, 0.2) is 0 Å². The van der Waals surface area contributed by atoms with Gasteiger partial charge in [-0.15, -0.1) is 5.10 Å². The molecule has 1 aliphatic rings. The maximum absolute atomic E-state index is 14.9. The number of carbonyl (C=O) groups is 1. The lowest BCUT2D eigenvalue weighted by Crippen LogP contribution is -2.26. The minimum atomic E-state index is -0.517. The van der Waals surface area contributed by atoms with Gasteiger partial charge in [-0.3, -0.25) is 9.88 Å². The van der Waals surface area contributed by atoms with Crippen LogP contribution >= 0.6 is 0 Å². The molecule has 0 radical (unpaired) electrons. The number of amides is 1. The molecule has 1 amide bonds. The second-order valence-electron chi connectivity index (χ2n) is 7.51. The summed E-state index contributed by atoms with van der Waals surface area (Å²) in [5.41, 5.74) is 3.11. The van der Waals surface area contributed by atoms with Crippen LogP contribution in [-0.4, -0.2) is 54.1 Å². The SMILES string of the molecule is O=C1OC(Cn2ccnn2)CN1c1ccc(-c2ccc(CNCc3cn[nH]n3)nc2)c(F)c1. The molecule has 4 aromatic rings. The Morgan fingerprint density at radius 1 is 1.18 bits per heavy atom. The molecule has 0 bridgehead atoms. The molecule has 1 aromatic carbocycles. The Hall–Kier alpha value is -4.19. The fraction of sp³-hybridized carbons (Fsp3) is 0.238. The Balaban J connectivity index is 1.22. The zero-order valence-electron chi connectivity index (χ0n) is 17.4. The zero-order chi connectivity index (χ0) is 22.6. The van der Waals surface area contributed by atoms with E-state index in [0.717, 1.165) is 11.4 Å². The van der Waals surface area contributed by atoms with Crippen molar-refractivity contribution in [1.82, 2.24) is 40.7 Å². The number of H-pyrrole nitrogens is 1. The van der Waals surface area contributed by atoms with Crippen LogP contribution in [0.2, 0.25) is 0 Å². The molecule has 1 saturated heterocycles. The van der Waals surface area contributed by atoms with E-state index in [1.807, 2.05) is 12.1 Å². The highest BCUT2D eigenvalue weighted by Crippen LogP contribution is 2.29. The average Bonchev–Trinajstić information content (AvgIpc) is 3.58. The van der Waals surface area contributed by atoms with E-state index in [0.29, 0.717) is 43.0 Å². The predicted octanol–water partition coefficient (Wildman–Crippen LogP) is 1.91. The van der Waals surface area contributed by atoms with Crippen molar-refractivity contribution in [3.05, 3.63) is 72.3 Å². The summed E-state index contributed by atoms with van der Waals surface area (Å²) in [7, 11) is 0.